The van der Waals surface area contributed by atoms with E-state index in [0.717, 1.165) is 5.56 Å². The third-order valence-corrected chi connectivity index (χ3v) is 2.32. The summed E-state index contributed by atoms with van der Waals surface area (Å²) in [5.74, 6) is -0.493. The number of nitrogens with two attached hydrogens (primary N) is 1. The number of carbonyl (C=O) groups excluding carboxylic acids is 1. The van der Waals surface area contributed by atoms with Gasteiger partial charge in [0.1, 0.15) is 5.82 Å². The van der Waals surface area contributed by atoms with Crippen LogP contribution in [0.3, 0.4) is 0 Å². The molecule has 0 saturated carbocycles. The van der Waals surface area contributed by atoms with E-state index in [0.29, 0.717) is 18.5 Å². The normalized spacial score (nSPS) is 11.4. The Kier molecular flexibility index (Phi) is 4.23. The maximum absolute atomic E-state index is 13.1. The van der Waals surface area contributed by atoms with Crippen molar-refractivity contribution in [3.63, 3.8) is 0 Å². The Hall–Kier alpha value is -1.42. The molecule has 1 rings (SSSR count). The quantitative estimate of drug-likeness (QED) is 0.847. The van der Waals surface area contributed by atoms with Crippen LogP contribution in [0.15, 0.2) is 18.2 Å². The van der Waals surface area contributed by atoms with Gasteiger partial charge in [-0.15, -0.1) is 0 Å². The van der Waals surface area contributed by atoms with Gasteiger partial charge in [-0.3, -0.25) is 4.79 Å². The van der Waals surface area contributed by atoms with E-state index in [-0.39, 0.29) is 17.3 Å². The SMILES string of the molecule is Cc1cc(F)cc(NC(=O)CCC(C)(C)N)c1. The molecule has 1 amide bonds. The molecule has 3 N–H and O–H groups in total. The number of hydrogen-bond donors (Lipinski definition) is 2. The van der Waals surface area contributed by atoms with E-state index in [4.69, 9.17) is 5.73 Å². The van der Waals surface area contributed by atoms with E-state index in [1.54, 1.807) is 13.0 Å². The van der Waals surface area contributed by atoms with Crippen molar-refractivity contribution in [3.05, 3.63) is 29.6 Å². The summed E-state index contributed by atoms with van der Waals surface area (Å²) >= 11 is 0. The van der Waals surface area contributed by atoms with E-state index < -0.39 is 0 Å². The zero-order valence-electron chi connectivity index (χ0n) is 10.5. The van der Waals surface area contributed by atoms with Crippen LogP contribution >= 0.6 is 0 Å². The number of benzene rings is 1. The van der Waals surface area contributed by atoms with Crippen LogP contribution < -0.4 is 11.1 Å². The molecule has 0 heterocycles. The molecular formula is C13H19FN2O. The molecule has 1 aromatic rings. The minimum atomic E-state index is -0.366. The van der Waals surface area contributed by atoms with Gasteiger partial charge in [0.25, 0.3) is 0 Å². The Bertz CT molecular complexity index is 390. The van der Waals surface area contributed by atoms with Crippen molar-refractivity contribution in [2.45, 2.75) is 39.2 Å². The number of hydrogen-bond acceptors (Lipinski definition) is 2. The van der Waals surface area contributed by atoms with Crippen molar-refractivity contribution in [2.24, 2.45) is 5.73 Å². The third kappa shape index (κ3) is 5.45. The highest BCUT2D eigenvalue weighted by Crippen LogP contribution is 2.14. The van der Waals surface area contributed by atoms with Crippen molar-refractivity contribution in [1.82, 2.24) is 0 Å². The van der Waals surface area contributed by atoms with Gasteiger partial charge in [0.05, 0.1) is 0 Å². The van der Waals surface area contributed by atoms with Gasteiger partial charge < -0.3 is 11.1 Å². The second-order valence-corrected chi connectivity index (χ2v) is 5.05. The summed E-state index contributed by atoms with van der Waals surface area (Å²) in [6.07, 6.45) is 0.923. The van der Waals surface area contributed by atoms with Crippen LogP contribution in [0, 0.1) is 12.7 Å². The maximum atomic E-state index is 13.1. The highest BCUT2D eigenvalue weighted by molar-refractivity contribution is 5.90. The Labute approximate surface area is 101 Å². The predicted octanol–water partition coefficient (Wildman–Crippen LogP) is 2.59. The summed E-state index contributed by atoms with van der Waals surface area (Å²) in [6, 6.07) is 4.45. The lowest BCUT2D eigenvalue weighted by molar-refractivity contribution is -0.116. The molecule has 0 aromatic heterocycles. The average molecular weight is 238 g/mol. The molecule has 94 valence electrons. The molecule has 0 aliphatic carbocycles. The summed E-state index contributed by atoms with van der Waals surface area (Å²) in [7, 11) is 0. The minimum absolute atomic E-state index is 0.145. The molecule has 0 fully saturated rings. The number of anilines is 1. The smallest absolute Gasteiger partial charge is 0.224 e. The highest BCUT2D eigenvalue weighted by atomic mass is 19.1. The monoisotopic (exact) mass is 238 g/mol. The maximum Gasteiger partial charge on any atom is 0.224 e. The number of halogens is 1. The van der Waals surface area contributed by atoms with Crippen LogP contribution in [-0.4, -0.2) is 11.4 Å². The number of aryl methyl sites for hydroxylation is 1. The van der Waals surface area contributed by atoms with Gasteiger partial charge >= 0.3 is 0 Å². The molecule has 17 heavy (non-hydrogen) atoms. The molecule has 1 aromatic carbocycles. The first-order valence-corrected chi connectivity index (χ1v) is 5.62. The molecule has 4 heteroatoms. The fraction of sp³-hybridized carbons (Fsp3) is 0.462. The molecule has 0 saturated heterocycles. The molecule has 0 bridgehead atoms. The van der Waals surface area contributed by atoms with Gasteiger partial charge in [0, 0.05) is 17.6 Å². The van der Waals surface area contributed by atoms with Crippen molar-refractivity contribution in [1.29, 1.82) is 0 Å². The largest absolute Gasteiger partial charge is 0.326 e. The lowest BCUT2D eigenvalue weighted by Gasteiger charge is -2.17. The highest BCUT2D eigenvalue weighted by Gasteiger charge is 2.13. The molecule has 0 spiro atoms. The summed E-state index contributed by atoms with van der Waals surface area (Å²) < 4.78 is 13.1. The van der Waals surface area contributed by atoms with Crippen molar-refractivity contribution in [3.8, 4) is 0 Å². The van der Waals surface area contributed by atoms with Gasteiger partial charge in [-0.1, -0.05) is 0 Å². The van der Waals surface area contributed by atoms with Crippen molar-refractivity contribution in [2.75, 3.05) is 5.32 Å². The Morgan fingerprint density at radius 2 is 2.06 bits per heavy atom. The molecule has 0 radical (unpaired) electrons. The van der Waals surface area contributed by atoms with E-state index in [2.05, 4.69) is 5.32 Å². The van der Waals surface area contributed by atoms with Gasteiger partial charge in [-0.2, -0.15) is 0 Å². The van der Waals surface area contributed by atoms with Crippen LogP contribution in [0.1, 0.15) is 32.3 Å². The van der Waals surface area contributed by atoms with E-state index in [1.807, 2.05) is 13.8 Å². The van der Waals surface area contributed by atoms with Crippen molar-refractivity contribution >= 4 is 11.6 Å². The van der Waals surface area contributed by atoms with Gasteiger partial charge in [0.2, 0.25) is 5.91 Å². The zero-order valence-corrected chi connectivity index (χ0v) is 10.5. The second kappa shape index (κ2) is 5.27. The minimum Gasteiger partial charge on any atom is -0.326 e. The first kappa shape index (κ1) is 13.6. The van der Waals surface area contributed by atoms with E-state index in [9.17, 15) is 9.18 Å². The average Bonchev–Trinajstić information content (AvgIpc) is 2.11. The number of carbonyl (C=O) groups is 1. The van der Waals surface area contributed by atoms with Gasteiger partial charge in [-0.25, -0.2) is 4.39 Å². The van der Waals surface area contributed by atoms with Gasteiger partial charge in [-0.05, 0) is 51.0 Å². The zero-order chi connectivity index (χ0) is 13.1. The molecule has 3 nitrogen and oxygen atoms in total. The lowest BCUT2D eigenvalue weighted by Crippen LogP contribution is -2.33. The Balaban J connectivity index is 2.56. The summed E-state index contributed by atoms with van der Waals surface area (Å²) in [5, 5.41) is 2.66. The van der Waals surface area contributed by atoms with E-state index in [1.165, 1.54) is 12.1 Å². The topological polar surface area (TPSA) is 55.1 Å². The molecule has 0 unspecified atom stereocenters. The van der Waals surface area contributed by atoms with Crippen LogP contribution in [0.4, 0.5) is 10.1 Å². The third-order valence-electron chi connectivity index (χ3n) is 2.32. The lowest BCUT2D eigenvalue weighted by atomic mass is 10.00. The Morgan fingerprint density at radius 1 is 1.41 bits per heavy atom. The number of nitrogens with one attached hydrogen (secondary N) is 1. The van der Waals surface area contributed by atoms with Crippen LogP contribution in [-0.2, 0) is 4.79 Å². The number of rotatable bonds is 4. The fourth-order valence-corrected chi connectivity index (χ4v) is 1.47. The predicted molar refractivity (Wildman–Crippen MR) is 67.3 cm³/mol. The van der Waals surface area contributed by atoms with Crippen LogP contribution in [0.25, 0.3) is 0 Å². The van der Waals surface area contributed by atoms with Crippen molar-refractivity contribution < 1.29 is 9.18 Å². The standard InChI is InChI=1S/C13H19FN2O/c1-9-6-10(14)8-11(7-9)16-12(17)4-5-13(2,3)15/h6-8H,4-5,15H2,1-3H3,(H,16,17). The fourth-order valence-electron chi connectivity index (χ4n) is 1.47. The number of amides is 1. The first-order chi connectivity index (χ1) is 7.76. The molecule has 0 aliphatic rings. The molecule has 0 atom stereocenters. The second-order valence-electron chi connectivity index (χ2n) is 5.05. The van der Waals surface area contributed by atoms with Crippen LogP contribution in [0.2, 0.25) is 0 Å². The first-order valence-electron chi connectivity index (χ1n) is 5.62. The Morgan fingerprint density at radius 3 is 2.59 bits per heavy atom. The van der Waals surface area contributed by atoms with Gasteiger partial charge in [0.15, 0.2) is 0 Å². The summed E-state index contributed by atoms with van der Waals surface area (Å²) in [5.41, 5.74) is 6.69. The van der Waals surface area contributed by atoms with E-state index >= 15 is 0 Å². The van der Waals surface area contributed by atoms with Crippen LogP contribution in [0.5, 0.6) is 0 Å². The molecule has 0 aliphatic heterocycles. The molecular weight excluding hydrogens is 219 g/mol. The summed E-state index contributed by atoms with van der Waals surface area (Å²) in [4.78, 5) is 11.6. The summed E-state index contributed by atoms with van der Waals surface area (Å²) in [6.45, 7) is 5.51.